The number of nitrogens with zero attached hydrogens (tertiary/aromatic N) is 2. The first kappa shape index (κ1) is 24.8. The van der Waals surface area contributed by atoms with Crippen molar-refractivity contribution in [2.75, 3.05) is 38.9 Å². The summed E-state index contributed by atoms with van der Waals surface area (Å²) in [5.41, 5.74) is 3.12. The Kier molecular flexibility index (Phi) is 7.67. The molecule has 0 bridgehead atoms. The van der Waals surface area contributed by atoms with Gasteiger partial charge in [0.2, 0.25) is 5.75 Å². The highest BCUT2D eigenvalue weighted by Gasteiger charge is 2.24. The highest BCUT2D eigenvalue weighted by atomic mass is 35.5. The number of fused-ring (bicyclic) bond motifs is 3. The van der Waals surface area contributed by atoms with Crippen molar-refractivity contribution in [3.05, 3.63) is 77.1 Å². The summed E-state index contributed by atoms with van der Waals surface area (Å²) in [5, 5.41) is 4.49. The van der Waals surface area contributed by atoms with Gasteiger partial charge >= 0.3 is 0 Å². The summed E-state index contributed by atoms with van der Waals surface area (Å²) in [6.07, 6.45) is 2.10. The van der Waals surface area contributed by atoms with E-state index in [1.807, 2.05) is 42.5 Å². The zero-order valence-electron chi connectivity index (χ0n) is 20.3. The number of carbonyl (C=O) groups excluding carboxylic acids is 1. The number of methoxy groups -OCH3 is 1. The average Bonchev–Trinajstić information content (AvgIpc) is 2.91. The molecule has 0 fully saturated rings. The molecule has 0 spiro atoms. The van der Waals surface area contributed by atoms with Gasteiger partial charge < -0.3 is 24.3 Å². The first-order chi connectivity index (χ1) is 18.1. The number of halogens is 1. The highest BCUT2D eigenvalue weighted by molar-refractivity contribution is 6.31. The summed E-state index contributed by atoms with van der Waals surface area (Å²) in [7, 11) is 1.62. The Labute approximate surface area is 219 Å². The van der Waals surface area contributed by atoms with E-state index < -0.39 is 0 Å². The first-order valence-corrected chi connectivity index (χ1v) is 12.3. The minimum atomic E-state index is 0.0999. The number of hydrogen-bond donors (Lipinski definition) is 1. The van der Waals surface area contributed by atoms with E-state index in [9.17, 15) is 4.79 Å². The summed E-state index contributed by atoms with van der Waals surface area (Å²) in [6, 6.07) is 17.0. The molecule has 0 unspecified atom stereocenters. The van der Waals surface area contributed by atoms with Crippen molar-refractivity contribution in [2.45, 2.75) is 12.8 Å². The molecule has 1 N–H and O–H groups in total. The Bertz CT molecular complexity index is 1410. The largest absolute Gasteiger partial charge is 0.487 e. The van der Waals surface area contributed by atoms with Crippen LogP contribution in [0.2, 0.25) is 5.02 Å². The summed E-state index contributed by atoms with van der Waals surface area (Å²) < 4.78 is 22.8. The lowest BCUT2D eigenvalue weighted by Gasteiger charge is -2.23. The van der Waals surface area contributed by atoms with Crippen molar-refractivity contribution in [3.63, 3.8) is 0 Å². The van der Waals surface area contributed by atoms with Crippen LogP contribution in [0.1, 0.15) is 11.1 Å². The third kappa shape index (κ3) is 5.76. The summed E-state index contributed by atoms with van der Waals surface area (Å²) in [4.78, 5) is 21.4. The minimum Gasteiger partial charge on any atom is -0.487 e. The molecule has 0 saturated carbocycles. The van der Waals surface area contributed by atoms with Crippen LogP contribution in [0.4, 0.5) is 11.5 Å². The molecular weight excluding hydrogens is 494 g/mol. The van der Waals surface area contributed by atoms with Gasteiger partial charge in [-0.2, -0.15) is 0 Å². The van der Waals surface area contributed by atoms with E-state index in [1.165, 1.54) is 6.33 Å². The van der Waals surface area contributed by atoms with Crippen LogP contribution in [0.3, 0.4) is 0 Å². The van der Waals surface area contributed by atoms with Crippen molar-refractivity contribution in [2.24, 2.45) is 0 Å². The number of anilines is 2. The van der Waals surface area contributed by atoms with Gasteiger partial charge in [0.15, 0.2) is 11.5 Å². The predicted molar refractivity (Wildman–Crippen MR) is 141 cm³/mol. The molecule has 2 heterocycles. The van der Waals surface area contributed by atoms with Crippen LogP contribution in [0.15, 0.2) is 60.9 Å². The molecule has 190 valence electrons. The zero-order valence-corrected chi connectivity index (χ0v) is 21.1. The number of hydrogen-bond acceptors (Lipinski definition) is 8. The van der Waals surface area contributed by atoms with E-state index in [0.717, 1.165) is 16.8 Å². The van der Waals surface area contributed by atoms with Gasteiger partial charge in [-0.1, -0.05) is 48.0 Å². The number of ketones is 1. The monoisotopic (exact) mass is 519 g/mol. The smallest absolute Gasteiger partial charge is 0.204 e. The van der Waals surface area contributed by atoms with Crippen molar-refractivity contribution >= 4 is 39.8 Å². The summed E-state index contributed by atoms with van der Waals surface area (Å²) in [6.45, 7) is 1.62. The number of benzene rings is 3. The van der Waals surface area contributed by atoms with Crippen molar-refractivity contribution in [1.29, 1.82) is 0 Å². The topological polar surface area (TPSA) is 91.8 Å². The number of carbonyl (C=O) groups is 1. The van der Waals surface area contributed by atoms with E-state index in [1.54, 1.807) is 19.2 Å². The van der Waals surface area contributed by atoms with Crippen LogP contribution in [0, 0.1) is 0 Å². The molecular formula is C28H26ClN3O5. The Hall–Kier alpha value is -3.88. The third-order valence-electron chi connectivity index (χ3n) is 5.87. The third-order valence-corrected chi connectivity index (χ3v) is 6.22. The van der Waals surface area contributed by atoms with E-state index in [2.05, 4.69) is 15.3 Å². The van der Waals surface area contributed by atoms with E-state index in [0.29, 0.717) is 71.8 Å². The summed E-state index contributed by atoms with van der Waals surface area (Å²) >= 11 is 6.56. The maximum absolute atomic E-state index is 12.6. The standard InChI is InChI=1S/C28H26ClN3O5/c1-34-9-10-35-24-16-23-25(27-26(24)36-11-12-37-27)28(31-17-30-23)32-20-8-7-19(22(29)15-20)14-21(33)13-18-5-3-2-4-6-18/h2-8,15-17H,9-14H2,1H3,(H,30,31,32). The SMILES string of the molecule is COCCOc1cc2ncnc(Nc3ccc(CC(=O)Cc4ccccc4)c(Cl)c3)c2c2c1OCCO2. The molecule has 0 radical (unpaired) electrons. The van der Waals surface area contributed by atoms with Gasteiger partial charge in [0, 0.05) is 36.7 Å². The lowest BCUT2D eigenvalue weighted by molar-refractivity contribution is -0.117. The summed E-state index contributed by atoms with van der Waals surface area (Å²) in [5.74, 6) is 2.21. The van der Waals surface area contributed by atoms with Gasteiger partial charge in [0.25, 0.3) is 0 Å². The average molecular weight is 520 g/mol. The number of ether oxygens (including phenoxy) is 4. The molecule has 0 saturated heterocycles. The van der Waals surface area contributed by atoms with Crippen LogP contribution < -0.4 is 19.5 Å². The zero-order chi connectivity index (χ0) is 25.6. The van der Waals surface area contributed by atoms with Gasteiger partial charge in [-0.3, -0.25) is 4.79 Å². The van der Waals surface area contributed by atoms with Crippen molar-refractivity contribution < 1.29 is 23.7 Å². The highest BCUT2D eigenvalue weighted by Crippen LogP contribution is 2.47. The maximum Gasteiger partial charge on any atom is 0.204 e. The quantitative estimate of drug-likeness (QED) is 0.287. The molecule has 9 heteroatoms. The fourth-order valence-electron chi connectivity index (χ4n) is 4.15. The first-order valence-electron chi connectivity index (χ1n) is 11.9. The molecule has 8 nitrogen and oxygen atoms in total. The molecule has 5 rings (SSSR count). The molecule has 1 aromatic heterocycles. The molecule has 3 aromatic carbocycles. The Balaban J connectivity index is 1.38. The van der Waals surface area contributed by atoms with Gasteiger partial charge in [0.05, 0.1) is 17.5 Å². The van der Waals surface area contributed by atoms with Crippen LogP contribution in [0.25, 0.3) is 10.9 Å². The Morgan fingerprint density at radius 1 is 1.00 bits per heavy atom. The van der Waals surface area contributed by atoms with E-state index in [4.69, 9.17) is 30.5 Å². The molecule has 4 aromatic rings. The molecule has 1 aliphatic rings. The second-order valence-electron chi connectivity index (χ2n) is 8.50. The normalized spacial score (nSPS) is 12.4. The second-order valence-corrected chi connectivity index (χ2v) is 8.90. The number of Topliss-reactive ketones (excluding diaryl/α,β-unsaturated/α-hetero) is 1. The van der Waals surface area contributed by atoms with Crippen molar-refractivity contribution in [3.8, 4) is 17.2 Å². The van der Waals surface area contributed by atoms with Crippen LogP contribution in [-0.4, -0.2) is 49.3 Å². The van der Waals surface area contributed by atoms with Crippen molar-refractivity contribution in [1.82, 2.24) is 9.97 Å². The molecule has 1 aliphatic heterocycles. The predicted octanol–water partition coefficient (Wildman–Crippen LogP) is 5.18. The number of aromatic nitrogens is 2. The number of nitrogens with one attached hydrogen (secondary N) is 1. The van der Waals surface area contributed by atoms with Gasteiger partial charge in [-0.25, -0.2) is 9.97 Å². The minimum absolute atomic E-state index is 0.0999. The van der Waals surface area contributed by atoms with Gasteiger partial charge in [-0.15, -0.1) is 0 Å². The Morgan fingerprint density at radius 2 is 1.81 bits per heavy atom. The molecule has 37 heavy (non-hydrogen) atoms. The van der Waals surface area contributed by atoms with E-state index in [-0.39, 0.29) is 12.2 Å². The van der Waals surface area contributed by atoms with Gasteiger partial charge in [0.1, 0.15) is 37.7 Å². The van der Waals surface area contributed by atoms with Gasteiger partial charge in [-0.05, 0) is 23.3 Å². The lowest BCUT2D eigenvalue weighted by Crippen LogP contribution is -2.17. The fraction of sp³-hybridized carbons (Fsp3) is 0.250. The van der Waals surface area contributed by atoms with Crippen LogP contribution in [-0.2, 0) is 22.4 Å². The van der Waals surface area contributed by atoms with Crippen LogP contribution in [0.5, 0.6) is 17.2 Å². The van der Waals surface area contributed by atoms with E-state index >= 15 is 0 Å². The second kappa shape index (κ2) is 11.5. The molecule has 0 aliphatic carbocycles. The molecule has 0 atom stereocenters. The maximum atomic E-state index is 12.6. The Morgan fingerprint density at radius 3 is 2.59 bits per heavy atom. The molecule has 0 amide bonds. The fourth-order valence-corrected chi connectivity index (χ4v) is 4.40. The van der Waals surface area contributed by atoms with Crippen LogP contribution >= 0.6 is 11.6 Å². The number of rotatable bonds is 10. The lowest BCUT2D eigenvalue weighted by atomic mass is 10.0.